The molecule has 1 heterocycles. The summed E-state index contributed by atoms with van der Waals surface area (Å²) in [5.74, 6) is 0.0224. The molecule has 1 saturated heterocycles. The number of carbonyl (C=O) groups excluding carboxylic acids is 2. The van der Waals surface area contributed by atoms with Crippen molar-refractivity contribution in [3.05, 3.63) is 58.1 Å². The molecule has 2 aromatic carbocycles. The summed E-state index contributed by atoms with van der Waals surface area (Å²) in [6.07, 6.45) is 0. The molecule has 0 radical (unpaired) electrons. The van der Waals surface area contributed by atoms with E-state index in [-0.39, 0.29) is 17.7 Å². The van der Waals surface area contributed by atoms with Crippen LogP contribution in [0.5, 0.6) is 0 Å². The first-order chi connectivity index (χ1) is 13.3. The summed E-state index contributed by atoms with van der Waals surface area (Å²) in [5.41, 5.74) is 2.44. The Morgan fingerprint density at radius 1 is 1.04 bits per heavy atom. The minimum atomic E-state index is -0.181. The zero-order valence-electron chi connectivity index (χ0n) is 16.0. The van der Waals surface area contributed by atoms with Crippen LogP contribution in [-0.4, -0.2) is 43.9 Å². The lowest BCUT2D eigenvalue weighted by Gasteiger charge is -2.36. The molecule has 0 aromatic heterocycles. The van der Waals surface area contributed by atoms with Gasteiger partial charge in [-0.1, -0.05) is 23.2 Å². The van der Waals surface area contributed by atoms with Crippen molar-refractivity contribution >= 4 is 46.3 Å². The number of nitrogens with zero attached hydrogens (tertiary/aromatic N) is 1. The van der Waals surface area contributed by atoms with Gasteiger partial charge < -0.3 is 15.1 Å². The van der Waals surface area contributed by atoms with Gasteiger partial charge in [-0.3, -0.25) is 9.59 Å². The summed E-state index contributed by atoms with van der Waals surface area (Å²) in [7, 11) is 0. The van der Waals surface area contributed by atoms with Gasteiger partial charge in [0.25, 0.3) is 5.91 Å². The lowest BCUT2D eigenvalue weighted by atomic mass is 10.1. The molecular formula is C21H24Cl2N3O2+. The highest BCUT2D eigenvalue weighted by Crippen LogP contribution is 2.22. The zero-order valence-corrected chi connectivity index (χ0v) is 17.5. The fraction of sp³-hybridized carbons (Fsp3) is 0.333. The number of hydrogen-bond donors (Lipinski definition) is 2. The van der Waals surface area contributed by atoms with Crippen LogP contribution in [0.2, 0.25) is 10.0 Å². The second-order valence-electron chi connectivity index (χ2n) is 7.12. The quantitative estimate of drug-likeness (QED) is 0.731. The third-order valence-electron chi connectivity index (χ3n) is 5.18. The third-order valence-corrected chi connectivity index (χ3v) is 5.62. The molecule has 28 heavy (non-hydrogen) atoms. The normalized spacial score (nSPS) is 15.9. The zero-order chi connectivity index (χ0) is 20.3. The number of piperazine rings is 1. The molecule has 7 heteroatoms. The number of benzene rings is 2. The highest BCUT2D eigenvalue weighted by molar-refractivity contribution is 6.35. The molecule has 5 nitrogen and oxygen atoms in total. The van der Waals surface area contributed by atoms with Crippen LogP contribution in [0.25, 0.3) is 0 Å². The minimum absolute atomic E-state index is 0.0485. The van der Waals surface area contributed by atoms with Crippen molar-refractivity contribution in [1.29, 1.82) is 0 Å². The molecule has 1 fully saturated rings. The number of anilines is 2. The van der Waals surface area contributed by atoms with Gasteiger partial charge in [-0.05, 0) is 56.3 Å². The molecule has 1 aliphatic heterocycles. The van der Waals surface area contributed by atoms with Crippen LogP contribution in [0, 0.1) is 0 Å². The number of hydrogen-bond acceptors (Lipinski definition) is 3. The molecule has 0 unspecified atom stereocenters. The highest BCUT2D eigenvalue weighted by atomic mass is 35.5. The molecule has 3 rings (SSSR count). The Hall–Kier alpha value is -2.08. The summed E-state index contributed by atoms with van der Waals surface area (Å²) in [6.45, 7) is 6.94. The number of carbonyl (C=O) groups is 2. The molecule has 0 bridgehead atoms. The lowest BCUT2D eigenvalue weighted by Crippen LogP contribution is -3.19. The molecule has 1 amide bonds. The van der Waals surface area contributed by atoms with Crippen LogP contribution in [0.3, 0.4) is 0 Å². The van der Waals surface area contributed by atoms with Crippen molar-refractivity contribution in [2.24, 2.45) is 0 Å². The van der Waals surface area contributed by atoms with E-state index in [1.165, 1.54) is 4.90 Å². The Bertz CT molecular complexity index is 842. The molecule has 148 valence electrons. The molecule has 1 aliphatic rings. The Morgan fingerprint density at radius 2 is 1.61 bits per heavy atom. The predicted octanol–water partition coefficient (Wildman–Crippen LogP) is 2.93. The van der Waals surface area contributed by atoms with E-state index in [1.54, 1.807) is 25.1 Å². The maximum atomic E-state index is 12.6. The van der Waals surface area contributed by atoms with Gasteiger partial charge in [0.2, 0.25) is 0 Å². The van der Waals surface area contributed by atoms with Crippen molar-refractivity contribution in [1.82, 2.24) is 0 Å². The van der Waals surface area contributed by atoms with Crippen molar-refractivity contribution in [2.45, 2.75) is 19.9 Å². The second kappa shape index (κ2) is 8.95. The van der Waals surface area contributed by atoms with E-state index in [0.717, 1.165) is 37.4 Å². The van der Waals surface area contributed by atoms with E-state index in [4.69, 9.17) is 23.2 Å². The summed E-state index contributed by atoms with van der Waals surface area (Å²) in [4.78, 5) is 27.6. The Morgan fingerprint density at radius 3 is 2.14 bits per heavy atom. The molecule has 2 N–H and O–H groups in total. The molecule has 0 spiro atoms. The van der Waals surface area contributed by atoms with Gasteiger partial charge in [-0.25, -0.2) is 0 Å². The van der Waals surface area contributed by atoms with Gasteiger partial charge in [0.15, 0.2) is 11.8 Å². The number of rotatable bonds is 5. The SMILES string of the molecule is CC(=O)c1ccc(N2CC[NH+]([C@@H](C)C(=O)Nc3cc(Cl)cc(Cl)c3)CC2)cc1. The number of quaternary nitrogens is 1. The predicted molar refractivity (Wildman–Crippen MR) is 114 cm³/mol. The number of amides is 1. The van der Waals surface area contributed by atoms with Crippen LogP contribution in [-0.2, 0) is 4.79 Å². The van der Waals surface area contributed by atoms with Crippen molar-refractivity contribution in [2.75, 3.05) is 36.4 Å². The monoisotopic (exact) mass is 420 g/mol. The smallest absolute Gasteiger partial charge is 0.282 e. The number of nitrogens with one attached hydrogen (secondary N) is 2. The molecule has 0 saturated carbocycles. The summed E-state index contributed by atoms with van der Waals surface area (Å²) in [6, 6.07) is 12.5. The fourth-order valence-electron chi connectivity index (χ4n) is 3.45. The Kier molecular flexibility index (Phi) is 6.60. The van der Waals surface area contributed by atoms with Gasteiger partial charge >= 0.3 is 0 Å². The average Bonchev–Trinajstić information content (AvgIpc) is 2.66. The van der Waals surface area contributed by atoms with Crippen LogP contribution < -0.4 is 15.1 Å². The number of ketones is 1. The van der Waals surface area contributed by atoms with Gasteiger partial charge in [0, 0.05) is 27.0 Å². The summed E-state index contributed by atoms with van der Waals surface area (Å²) < 4.78 is 0. The van der Waals surface area contributed by atoms with Crippen LogP contribution in [0.1, 0.15) is 24.2 Å². The van der Waals surface area contributed by atoms with E-state index < -0.39 is 0 Å². The van der Waals surface area contributed by atoms with E-state index in [1.807, 2.05) is 31.2 Å². The van der Waals surface area contributed by atoms with Crippen LogP contribution >= 0.6 is 23.2 Å². The van der Waals surface area contributed by atoms with E-state index >= 15 is 0 Å². The fourth-order valence-corrected chi connectivity index (χ4v) is 3.98. The molecule has 0 aliphatic carbocycles. The van der Waals surface area contributed by atoms with Crippen molar-refractivity contribution in [3.63, 3.8) is 0 Å². The maximum absolute atomic E-state index is 12.6. The molecular weight excluding hydrogens is 397 g/mol. The van der Waals surface area contributed by atoms with Gasteiger partial charge in [0.1, 0.15) is 0 Å². The lowest BCUT2D eigenvalue weighted by molar-refractivity contribution is -0.914. The van der Waals surface area contributed by atoms with Crippen LogP contribution in [0.4, 0.5) is 11.4 Å². The second-order valence-corrected chi connectivity index (χ2v) is 7.99. The average molecular weight is 421 g/mol. The third kappa shape index (κ3) is 5.04. The summed E-state index contributed by atoms with van der Waals surface area (Å²) in [5, 5.41) is 3.89. The first-order valence-electron chi connectivity index (χ1n) is 9.31. The Labute approximate surface area is 175 Å². The Balaban J connectivity index is 1.56. The standard InChI is InChI=1S/C21H23Cl2N3O2/c1-14(21(28)24-19-12-17(22)11-18(23)13-19)25-7-9-26(10-8-25)20-5-3-16(4-6-20)15(2)27/h3-6,11-14H,7-10H2,1-2H3,(H,24,28)/p+1/t14-/m0/s1. The minimum Gasteiger partial charge on any atom is -0.360 e. The number of Topliss-reactive ketones (excluding diaryl/α,β-unsaturated/α-hetero) is 1. The molecule has 1 atom stereocenters. The van der Waals surface area contributed by atoms with E-state index in [2.05, 4.69) is 10.2 Å². The van der Waals surface area contributed by atoms with Gasteiger partial charge in [-0.2, -0.15) is 0 Å². The van der Waals surface area contributed by atoms with E-state index in [0.29, 0.717) is 15.7 Å². The topological polar surface area (TPSA) is 53.9 Å². The van der Waals surface area contributed by atoms with Crippen LogP contribution in [0.15, 0.2) is 42.5 Å². The first kappa shape index (κ1) is 20.6. The number of halogens is 2. The van der Waals surface area contributed by atoms with Crippen molar-refractivity contribution < 1.29 is 14.5 Å². The van der Waals surface area contributed by atoms with Gasteiger partial charge in [-0.15, -0.1) is 0 Å². The van der Waals surface area contributed by atoms with E-state index in [9.17, 15) is 9.59 Å². The molecule has 2 aromatic rings. The maximum Gasteiger partial charge on any atom is 0.282 e. The first-order valence-corrected chi connectivity index (χ1v) is 10.1. The largest absolute Gasteiger partial charge is 0.360 e. The van der Waals surface area contributed by atoms with Gasteiger partial charge in [0.05, 0.1) is 26.2 Å². The highest BCUT2D eigenvalue weighted by Gasteiger charge is 2.29. The van der Waals surface area contributed by atoms with Crippen molar-refractivity contribution in [3.8, 4) is 0 Å². The summed E-state index contributed by atoms with van der Waals surface area (Å²) >= 11 is 12.0.